The largest absolute Gasteiger partial charge is 0.335 e. The Morgan fingerprint density at radius 1 is 0.957 bits per heavy atom. The first kappa shape index (κ1) is 14.3. The lowest BCUT2D eigenvalue weighted by atomic mass is 10.0. The lowest BCUT2D eigenvalue weighted by Gasteiger charge is -2.34. The number of H-pyrrole nitrogens is 1. The number of hydrogen-bond acceptors (Lipinski definition) is 3. The average molecular weight is 306 g/mol. The number of rotatable bonds is 4. The number of nitrogens with one attached hydrogen (secondary N) is 2. The fourth-order valence-corrected chi connectivity index (χ4v) is 3.35. The van der Waals surface area contributed by atoms with Gasteiger partial charge in [0.25, 0.3) is 0 Å². The van der Waals surface area contributed by atoms with E-state index in [1.165, 1.54) is 5.56 Å². The Morgan fingerprint density at radius 3 is 2.48 bits per heavy atom. The number of piperidine rings is 1. The van der Waals surface area contributed by atoms with Crippen LogP contribution in [0.4, 0.5) is 5.95 Å². The highest BCUT2D eigenvalue weighted by Crippen LogP contribution is 2.24. The van der Waals surface area contributed by atoms with Crippen molar-refractivity contribution < 1.29 is 0 Å². The van der Waals surface area contributed by atoms with Gasteiger partial charge in [-0.3, -0.25) is 0 Å². The predicted octanol–water partition coefficient (Wildman–Crippen LogP) is 3.32. The third-order valence-electron chi connectivity index (χ3n) is 4.59. The lowest BCUT2D eigenvalue weighted by molar-refractivity contribution is 0.424. The summed E-state index contributed by atoms with van der Waals surface area (Å²) in [5.74, 6) is 0.988. The van der Waals surface area contributed by atoms with Crippen molar-refractivity contribution in [3.63, 3.8) is 0 Å². The van der Waals surface area contributed by atoms with Crippen LogP contribution in [0.5, 0.6) is 0 Å². The molecule has 1 saturated heterocycles. The van der Waals surface area contributed by atoms with Crippen molar-refractivity contribution in [3.05, 3.63) is 60.2 Å². The van der Waals surface area contributed by atoms with Gasteiger partial charge in [0.15, 0.2) is 0 Å². The Balaban J connectivity index is 1.68. The lowest BCUT2D eigenvalue weighted by Crippen LogP contribution is -2.43. The van der Waals surface area contributed by atoms with Crippen LogP contribution in [-0.2, 0) is 6.54 Å². The molecule has 23 heavy (non-hydrogen) atoms. The van der Waals surface area contributed by atoms with Crippen molar-refractivity contribution in [3.8, 4) is 0 Å². The number of anilines is 1. The first-order chi connectivity index (χ1) is 11.4. The maximum absolute atomic E-state index is 4.83. The molecule has 0 atom stereocenters. The number of benzene rings is 2. The second kappa shape index (κ2) is 6.42. The van der Waals surface area contributed by atoms with Gasteiger partial charge < -0.3 is 15.2 Å². The van der Waals surface area contributed by atoms with E-state index >= 15 is 0 Å². The Labute approximate surface area is 136 Å². The molecule has 0 spiro atoms. The van der Waals surface area contributed by atoms with E-state index in [0.717, 1.165) is 49.5 Å². The van der Waals surface area contributed by atoms with Crippen molar-refractivity contribution in [2.24, 2.45) is 0 Å². The van der Waals surface area contributed by atoms with Crippen LogP contribution < -0.4 is 10.2 Å². The number of para-hydroxylation sites is 2. The van der Waals surface area contributed by atoms with E-state index in [1.807, 2.05) is 6.07 Å². The van der Waals surface area contributed by atoms with Crippen LogP contribution in [0, 0.1) is 0 Å². The molecule has 1 aromatic heterocycles. The van der Waals surface area contributed by atoms with Gasteiger partial charge in [-0.1, -0.05) is 42.5 Å². The molecule has 4 rings (SSSR count). The van der Waals surface area contributed by atoms with E-state index in [-0.39, 0.29) is 0 Å². The van der Waals surface area contributed by atoms with Gasteiger partial charge in [-0.15, -0.1) is 0 Å². The van der Waals surface area contributed by atoms with Crippen molar-refractivity contribution in [2.45, 2.75) is 25.4 Å². The first-order valence-corrected chi connectivity index (χ1v) is 8.36. The summed E-state index contributed by atoms with van der Waals surface area (Å²) in [7, 11) is 0. The summed E-state index contributed by atoms with van der Waals surface area (Å²) in [6.07, 6.45) is 2.31. The molecule has 2 N–H and O–H groups in total. The zero-order chi connectivity index (χ0) is 15.5. The monoisotopic (exact) mass is 306 g/mol. The molecule has 0 aliphatic carbocycles. The van der Waals surface area contributed by atoms with Gasteiger partial charge in [0.05, 0.1) is 11.0 Å². The van der Waals surface area contributed by atoms with Gasteiger partial charge in [0.1, 0.15) is 0 Å². The molecule has 0 unspecified atom stereocenters. The molecule has 1 fully saturated rings. The summed E-state index contributed by atoms with van der Waals surface area (Å²) in [6, 6.07) is 19.4. The summed E-state index contributed by atoms with van der Waals surface area (Å²) in [5.41, 5.74) is 3.47. The van der Waals surface area contributed by atoms with E-state index in [9.17, 15) is 0 Å². The minimum absolute atomic E-state index is 0.525. The summed E-state index contributed by atoms with van der Waals surface area (Å²) in [4.78, 5) is 10.8. The zero-order valence-electron chi connectivity index (χ0n) is 13.2. The van der Waals surface area contributed by atoms with Gasteiger partial charge in [-0.2, -0.15) is 0 Å². The summed E-state index contributed by atoms with van der Waals surface area (Å²) >= 11 is 0. The van der Waals surface area contributed by atoms with Gasteiger partial charge in [-0.25, -0.2) is 4.98 Å². The SMILES string of the molecule is c1ccc(CN(c2nc3ccccc3[nH]2)C2CCNCC2)cc1. The van der Waals surface area contributed by atoms with Crippen molar-refractivity contribution in [1.29, 1.82) is 0 Å². The number of aromatic amines is 1. The molecule has 2 aromatic carbocycles. The van der Waals surface area contributed by atoms with Gasteiger partial charge >= 0.3 is 0 Å². The Hall–Kier alpha value is -2.33. The normalized spacial score (nSPS) is 15.8. The highest BCUT2D eigenvalue weighted by atomic mass is 15.3. The van der Waals surface area contributed by atoms with Crippen LogP contribution in [0.15, 0.2) is 54.6 Å². The second-order valence-electron chi connectivity index (χ2n) is 6.17. The number of aromatic nitrogens is 2. The number of fused-ring (bicyclic) bond motifs is 1. The van der Waals surface area contributed by atoms with Gasteiger partial charge in [0.2, 0.25) is 5.95 Å². The smallest absolute Gasteiger partial charge is 0.204 e. The predicted molar refractivity (Wildman–Crippen MR) is 94.6 cm³/mol. The molecule has 2 heterocycles. The molecule has 4 nitrogen and oxygen atoms in total. The average Bonchev–Trinajstić information content (AvgIpc) is 3.05. The van der Waals surface area contributed by atoms with Crippen LogP contribution in [0.2, 0.25) is 0 Å². The number of nitrogens with zero attached hydrogens (tertiary/aromatic N) is 2. The van der Waals surface area contributed by atoms with E-state index in [0.29, 0.717) is 6.04 Å². The highest BCUT2D eigenvalue weighted by molar-refractivity contribution is 5.77. The highest BCUT2D eigenvalue weighted by Gasteiger charge is 2.23. The molecule has 0 amide bonds. The Morgan fingerprint density at radius 2 is 1.70 bits per heavy atom. The maximum atomic E-state index is 4.83. The van der Waals surface area contributed by atoms with E-state index < -0.39 is 0 Å². The molecule has 1 aliphatic rings. The second-order valence-corrected chi connectivity index (χ2v) is 6.17. The van der Waals surface area contributed by atoms with Crippen molar-refractivity contribution in [1.82, 2.24) is 15.3 Å². The topological polar surface area (TPSA) is 44.0 Å². The Kier molecular flexibility index (Phi) is 3.99. The van der Waals surface area contributed by atoms with Crippen LogP contribution in [0.25, 0.3) is 11.0 Å². The quantitative estimate of drug-likeness (QED) is 0.777. The molecule has 0 bridgehead atoms. The number of hydrogen-bond donors (Lipinski definition) is 2. The van der Waals surface area contributed by atoms with Crippen LogP contribution in [-0.4, -0.2) is 29.1 Å². The molecule has 0 radical (unpaired) electrons. The van der Waals surface area contributed by atoms with Crippen LogP contribution in [0.3, 0.4) is 0 Å². The summed E-state index contributed by atoms with van der Waals surface area (Å²) in [5, 5.41) is 3.45. The van der Waals surface area contributed by atoms with Crippen molar-refractivity contribution >= 4 is 17.0 Å². The van der Waals surface area contributed by atoms with E-state index in [4.69, 9.17) is 4.98 Å². The molecule has 4 heteroatoms. The molecule has 1 aliphatic heterocycles. The molecule has 0 saturated carbocycles. The van der Waals surface area contributed by atoms with Gasteiger partial charge in [-0.05, 0) is 43.6 Å². The molecular weight excluding hydrogens is 284 g/mol. The van der Waals surface area contributed by atoms with Crippen LogP contribution in [0.1, 0.15) is 18.4 Å². The fraction of sp³-hybridized carbons (Fsp3) is 0.316. The summed E-state index contributed by atoms with van der Waals surface area (Å²) in [6.45, 7) is 3.05. The Bertz CT molecular complexity index is 726. The molecular formula is C19H22N4. The minimum Gasteiger partial charge on any atom is -0.335 e. The standard InChI is InChI=1S/C19H22N4/c1-2-6-15(7-3-1)14-23(16-10-12-20-13-11-16)19-21-17-8-4-5-9-18(17)22-19/h1-9,16,20H,10-14H2,(H,21,22). The minimum atomic E-state index is 0.525. The van der Waals surface area contributed by atoms with Gasteiger partial charge in [0, 0.05) is 12.6 Å². The third kappa shape index (κ3) is 3.08. The zero-order valence-corrected chi connectivity index (χ0v) is 13.2. The molecule has 118 valence electrons. The van der Waals surface area contributed by atoms with Crippen molar-refractivity contribution in [2.75, 3.05) is 18.0 Å². The van der Waals surface area contributed by atoms with Crippen LogP contribution >= 0.6 is 0 Å². The first-order valence-electron chi connectivity index (χ1n) is 8.36. The maximum Gasteiger partial charge on any atom is 0.204 e. The number of imidazole rings is 1. The fourth-order valence-electron chi connectivity index (χ4n) is 3.35. The molecule has 3 aromatic rings. The van der Waals surface area contributed by atoms with E-state index in [1.54, 1.807) is 0 Å². The summed E-state index contributed by atoms with van der Waals surface area (Å²) < 4.78 is 0. The third-order valence-corrected chi connectivity index (χ3v) is 4.59. The van der Waals surface area contributed by atoms with E-state index in [2.05, 4.69) is 63.7 Å².